The lowest BCUT2D eigenvalue weighted by molar-refractivity contribution is 0.539. The summed E-state index contributed by atoms with van der Waals surface area (Å²) >= 11 is 0.886. The number of rotatable bonds is 2. The minimum absolute atomic E-state index is 0.0378. The summed E-state index contributed by atoms with van der Waals surface area (Å²) < 4.78 is 28.8. The minimum atomic E-state index is -0.755. The van der Waals surface area contributed by atoms with Crippen LogP contribution in [0.1, 0.15) is 5.56 Å². The molecule has 1 aromatic carbocycles. The summed E-state index contributed by atoms with van der Waals surface area (Å²) in [5.41, 5.74) is -0.0378. The minimum Gasteiger partial charge on any atom is -0.329 e. The molecule has 0 N–H and O–H groups in total. The molecule has 0 spiro atoms. The molecule has 86 valence electrons. The topological polar surface area (TPSA) is 41.6 Å². The number of hydrogen-bond donors (Lipinski definition) is 0. The SMILES string of the molecule is Cn1ccnc1Sc1c(F)cc(C#N)cc1F. The van der Waals surface area contributed by atoms with Crippen LogP contribution in [0.4, 0.5) is 8.78 Å². The lowest BCUT2D eigenvalue weighted by Crippen LogP contribution is -1.94. The number of aromatic nitrogens is 2. The molecule has 0 saturated heterocycles. The van der Waals surface area contributed by atoms with Crippen molar-refractivity contribution in [3.8, 4) is 6.07 Å². The van der Waals surface area contributed by atoms with Gasteiger partial charge in [-0.3, -0.25) is 0 Å². The van der Waals surface area contributed by atoms with Crippen LogP contribution in [-0.2, 0) is 7.05 Å². The molecule has 0 atom stereocenters. The Bertz CT molecular complexity index is 578. The molecule has 0 fully saturated rings. The molecule has 1 aromatic heterocycles. The molecule has 1 heterocycles. The Kier molecular flexibility index (Phi) is 3.11. The number of halogens is 2. The van der Waals surface area contributed by atoms with Gasteiger partial charge in [-0.1, -0.05) is 0 Å². The molecule has 0 aliphatic heterocycles. The fourth-order valence-corrected chi connectivity index (χ4v) is 2.08. The Morgan fingerprint density at radius 2 is 2.00 bits per heavy atom. The highest BCUT2D eigenvalue weighted by Crippen LogP contribution is 2.31. The maximum atomic E-state index is 13.6. The van der Waals surface area contributed by atoms with E-state index in [1.54, 1.807) is 30.1 Å². The summed E-state index contributed by atoms with van der Waals surface area (Å²) in [6.45, 7) is 0. The van der Waals surface area contributed by atoms with Crippen LogP contribution in [0.5, 0.6) is 0 Å². The number of nitriles is 1. The maximum absolute atomic E-state index is 13.6. The first-order valence-corrected chi connectivity index (χ1v) is 5.48. The van der Waals surface area contributed by atoms with Gasteiger partial charge in [0.15, 0.2) is 5.16 Å². The van der Waals surface area contributed by atoms with Crippen LogP contribution in [0.3, 0.4) is 0 Å². The second kappa shape index (κ2) is 4.55. The Balaban J connectivity index is 2.41. The third-order valence-corrected chi connectivity index (χ3v) is 3.27. The smallest absolute Gasteiger partial charge is 0.172 e. The van der Waals surface area contributed by atoms with Crippen molar-refractivity contribution < 1.29 is 8.78 Å². The molecule has 0 bridgehead atoms. The second-order valence-electron chi connectivity index (χ2n) is 3.30. The summed E-state index contributed by atoms with van der Waals surface area (Å²) in [6.07, 6.45) is 3.23. The molecule has 17 heavy (non-hydrogen) atoms. The summed E-state index contributed by atoms with van der Waals surface area (Å²) in [6, 6.07) is 3.71. The first kappa shape index (κ1) is 11.6. The van der Waals surface area contributed by atoms with Crippen molar-refractivity contribution in [2.45, 2.75) is 10.1 Å². The van der Waals surface area contributed by atoms with Crippen LogP contribution in [-0.4, -0.2) is 9.55 Å². The number of nitrogens with zero attached hydrogens (tertiary/aromatic N) is 3. The van der Waals surface area contributed by atoms with Crippen molar-refractivity contribution in [1.29, 1.82) is 5.26 Å². The van der Waals surface area contributed by atoms with E-state index in [2.05, 4.69) is 4.98 Å². The quantitative estimate of drug-likeness (QED) is 0.824. The van der Waals surface area contributed by atoms with Crippen LogP contribution >= 0.6 is 11.8 Å². The monoisotopic (exact) mass is 251 g/mol. The maximum Gasteiger partial charge on any atom is 0.172 e. The molecular formula is C11H7F2N3S. The van der Waals surface area contributed by atoms with Gasteiger partial charge in [-0.25, -0.2) is 13.8 Å². The van der Waals surface area contributed by atoms with Crippen LogP contribution < -0.4 is 0 Å². The van der Waals surface area contributed by atoms with Crippen LogP contribution in [0.25, 0.3) is 0 Å². The summed E-state index contributed by atoms with van der Waals surface area (Å²) in [4.78, 5) is 3.81. The van der Waals surface area contributed by atoms with Gasteiger partial charge >= 0.3 is 0 Å². The summed E-state index contributed by atoms with van der Waals surface area (Å²) in [5.74, 6) is -1.51. The molecule has 2 rings (SSSR count). The predicted molar refractivity (Wildman–Crippen MR) is 58.4 cm³/mol. The normalized spacial score (nSPS) is 10.2. The van der Waals surface area contributed by atoms with Gasteiger partial charge in [-0.05, 0) is 23.9 Å². The van der Waals surface area contributed by atoms with Crippen molar-refractivity contribution in [2.75, 3.05) is 0 Å². The Labute approximate surface area is 101 Å². The first-order chi connectivity index (χ1) is 8.11. The lowest BCUT2D eigenvalue weighted by atomic mass is 10.2. The van der Waals surface area contributed by atoms with E-state index in [4.69, 9.17) is 5.26 Å². The van der Waals surface area contributed by atoms with Gasteiger partial charge in [0, 0.05) is 19.4 Å². The van der Waals surface area contributed by atoms with Crippen LogP contribution in [0, 0.1) is 23.0 Å². The average Bonchev–Trinajstić information content (AvgIpc) is 2.69. The largest absolute Gasteiger partial charge is 0.329 e. The highest BCUT2D eigenvalue weighted by molar-refractivity contribution is 7.99. The molecule has 0 aliphatic rings. The van der Waals surface area contributed by atoms with E-state index in [1.807, 2.05) is 0 Å². The van der Waals surface area contributed by atoms with Gasteiger partial charge in [0.05, 0.1) is 16.5 Å². The first-order valence-electron chi connectivity index (χ1n) is 4.66. The molecular weight excluding hydrogens is 244 g/mol. The van der Waals surface area contributed by atoms with E-state index >= 15 is 0 Å². The van der Waals surface area contributed by atoms with Gasteiger partial charge in [-0.15, -0.1) is 0 Å². The number of aryl methyl sites for hydroxylation is 1. The Morgan fingerprint density at radius 3 is 2.47 bits per heavy atom. The van der Waals surface area contributed by atoms with Gasteiger partial charge in [-0.2, -0.15) is 5.26 Å². The van der Waals surface area contributed by atoms with Gasteiger partial charge in [0.1, 0.15) is 11.6 Å². The van der Waals surface area contributed by atoms with Crippen LogP contribution in [0.15, 0.2) is 34.6 Å². The van der Waals surface area contributed by atoms with E-state index < -0.39 is 11.6 Å². The molecule has 0 aliphatic carbocycles. The van der Waals surface area contributed by atoms with Crippen molar-refractivity contribution in [3.05, 3.63) is 41.7 Å². The highest BCUT2D eigenvalue weighted by Gasteiger charge is 2.14. The standard InChI is InChI=1S/C11H7F2N3S/c1-16-3-2-15-11(16)17-10-8(12)4-7(6-14)5-9(10)13/h2-5H,1H3. The molecule has 0 saturated carbocycles. The Hall–Kier alpha value is -1.87. The zero-order valence-corrected chi connectivity index (χ0v) is 9.63. The zero-order valence-electron chi connectivity index (χ0n) is 8.82. The molecule has 0 radical (unpaired) electrons. The molecule has 2 aromatic rings. The fraction of sp³-hybridized carbons (Fsp3) is 0.0909. The summed E-state index contributed by atoms with van der Waals surface area (Å²) in [7, 11) is 1.73. The van der Waals surface area contributed by atoms with Crippen molar-refractivity contribution in [2.24, 2.45) is 7.05 Å². The van der Waals surface area contributed by atoms with E-state index in [1.165, 1.54) is 0 Å². The predicted octanol–water partition coefficient (Wildman–Crippen LogP) is 2.72. The zero-order chi connectivity index (χ0) is 12.4. The van der Waals surface area contributed by atoms with E-state index in [0.29, 0.717) is 5.16 Å². The highest BCUT2D eigenvalue weighted by atomic mass is 32.2. The van der Waals surface area contributed by atoms with E-state index in [-0.39, 0.29) is 10.5 Å². The second-order valence-corrected chi connectivity index (χ2v) is 4.28. The fourth-order valence-electron chi connectivity index (χ4n) is 1.26. The average molecular weight is 251 g/mol. The molecule has 0 unspecified atom stereocenters. The molecule has 3 nitrogen and oxygen atoms in total. The van der Waals surface area contributed by atoms with Crippen LogP contribution in [0.2, 0.25) is 0 Å². The Morgan fingerprint density at radius 1 is 1.35 bits per heavy atom. The number of hydrogen-bond acceptors (Lipinski definition) is 3. The third kappa shape index (κ3) is 2.29. The van der Waals surface area contributed by atoms with E-state index in [9.17, 15) is 8.78 Å². The lowest BCUT2D eigenvalue weighted by Gasteiger charge is -2.04. The van der Waals surface area contributed by atoms with Gasteiger partial charge in [0.25, 0.3) is 0 Å². The van der Waals surface area contributed by atoms with Gasteiger partial charge in [0.2, 0.25) is 0 Å². The number of benzene rings is 1. The molecule has 6 heteroatoms. The van der Waals surface area contributed by atoms with Crippen molar-refractivity contribution in [1.82, 2.24) is 9.55 Å². The number of imidazole rings is 1. The third-order valence-electron chi connectivity index (χ3n) is 2.10. The van der Waals surface area contributed by atoms with Crippen molar-refractivity contribution in [3.63, 3.8) is 0 Å². The summed E-state index contributed by atoms with van der Waals surface area (Å²) in [5, 5.41) is 9.05. The van der Waals surface area contributed by atoms with Gasteiger partial charge < -0.3 is 4.57 Å². The van der Waals surface area contributed by atoms with E-state index in [0.717, 1.165) is 23.9 Å². The van der Waals surface area contributed by atoms with Crippen molar-refractivity contribution >= 4 is 11.8 Å². The molecule has 0 amide bonds.